The molecule has 0 atom stereocenters. The summed E-state index contributed by atoms with van der Waals surface area (Å²) in [4.78, 5) is 15.3. The molecule has 0 aliphatic carbocycles. The number of rotatable bonds is 4. The number of pyridine rings is 1. The molecule has 1 aromatic rings. The van der Waals surface area contributed by atoms with E-state index in [-0.39, 0.29) is 29.3 Å². The highest BCUT2D eigenvalue weighted by atomic mass is 19.3. The van der Waals surface area contributed by atoms with Crippen molar-refractivity contribution < 1.29 is 23.0 Å². The first-order chi connectivity index (χ1) is 8.01. The quantitative estimate of drug-likeness (QED) is 0.765. The first-order valence-corrected chi connectivity index (χ1v) is 5.02. The molecule has 0 aliphatic rings. The molecule has 0 unspecified atom stereocenters. The molecule has 1 heterocycles. The average molecular weight is 245 g/mol. The normalized spacial score (nSPS) is 10.5. The Morgan fingerprint density at radius 3 is 2.65 bits per heavy atom. The SMILES string of the molecule is CCOC(=O)c1cc(C(F)F)c(OC)c(C)n1. The fourth-order valence-electron chi connectivity index (χ4n) is 1.42. The van der Waals surface area contributed by atoms with E-state index in [0.29, 0.717) is 0 Å². The summed E-state index contributed by atoms with van der Waals surface area (Å²) in [6.07, 6.45) is -2.74. The van der Waals surface area contributed by atoms with Crippen molar-refractivity contribution in [3.8, 4) is 5.75 Å². The molecule has 0 aliphatic heterocycles. The van der Waals surface area contributed by atoms with E-state index in [1.165, 1.54) is 14.0 Å². The second kappa shape index (κ2) is 5.56. The van der Waals surface area contributed by atoms with E-state index in [9.17, 15) is 13.6 Å². The van der Waals surface area contributed by atoms with Crippen LogP contribution >= 0.6 is 0 Å². The van der Waals surface area contributed by atoms with E-state index >= 15 is 0 Å². The Kier molecular flexibility index (Phi) is 4.37. The predicted octanol–water partition coefficient (Wildman–Crippen LogP) is 2.51. The van der Waals surface area contributed by atoms with Crippen molar-refractivity contribution in [3.63, 3.8) is 0 Å². The van der Waals surface area contributed by atoms with Crippen molar-refractivity contribution in [2.45, 2.75) is 20.3 Å². The molecule has 0 amide bonds. The molecule has 0 saturated carbocycles. The van der Waals surface area contributed by atoms with Crippen LogP contribution < -0.4 is 4.74 Å². The first kappa shape index (κ1) is 13.3. The lowest BCUT2D eigenvalue weighted by atomic mass is 10.1. The standard InChI is InChI=1S/C11H13F2NO3/c1-4-17-11(15)8-5-7(10(12)13)9(16-3)6(2)14-8/h5,10H,4H2,1-3H3. The van der Waals surface area contributed by atoms with Gasteiger partial charge in [-0.2, -0.15) is 0 Å². The van der Waals surface area contributed by atoms with Crippen LogP contribution in [-0.4, -0.2) is 24.7 Å². The van der Waals surface area contributed by atoms with Gasteiger partial charge in [0, 0.05) is 0 Å². The van der Waals surface area contributed by atoms with Crippen LogP contribution in [0.5, 0.6) is 5.75 Å². The van der Waals surface area contributed by atoms with Crippen molar-refractivity contribution in [2.75, 3.05) is 13.7 Å². The molecular formula is C11H13F2NO3. The summed E-state index contributed by atoms with van der Waals surface area (Å²) >= 11 is 0. The molecule has 0 spiro atoms. The first-order valence-electron chi connectivity index (χ1n) is 5.02. The molecule has 1 aromatic heterocycles. The van der Waals surface area contributed by atoms with Gasteiger partial charge in [0.1, 0.15) is 11.4 Å². The summed E-state index contributed by atoms with van der Waals surface area (Å²) in [5, 5.41) is 0. The van der Waals surface area contributed by atoms with E-state index < -0.39 is 12.4 Å². The van der Waals surface area contributed by atoms with Crippen LogP contribution in [0.25, 0.3) is 0 Å². The summed E-state index contributed by atoms with van der Waals surface area (Å²) in [5.41, 5.74) is -0.267. The molecule has 0 saturated heterocycles. The van der Waals surface area contributed by atoms with Crippen molar-refractivity contribution in [1.29, 1.82) is 0 Å². The fraction of sp³-hybridized carbons (Fsp3) is 0.455. The monoisotopic (exact) mass is 245 g/mol. The number of alkyl halides is 2. The number of esters is 1. The third-order valence-electron chi connectivity index (χ3n) is 2.09. The molecular weight excluding hydrogens is 232 g/mol. The summed E-state index contributed by atoms with van der Waals surface area (Å²) in [6, 6.07) is 0.995. The van der Waals surface area contributed by atoms with Gasteiger partial charge in [-0.25, -0.2) is 18.6 Å². The van der Waals surface area contributed by atoms with Crippen molar-refractivity contribution in [1.82, 2.24) is 4.98 Å². The molecule has 94 valence electrons. The molecule has 0 fully saturated rings. The van der Waals surface area contributed by atoms with Crippen molar-refractivity contribution >= 4 is 5.97 Å². The average Bonchev–Trinajstić information content (AvgIpc) is 2.28. The highest BCUT2D eigenvalue weighted by molar-refractivity contribution is 5.87. The molecule has 4 nitrogen and oxygen atoms in total. The number of methoxy groups -OCH3 is 1. The van der Waals surface area contributed by atoms with Gasteiger partial charge in [-0.3, -0.25) is 0 Å². The van der Waals surface area contributed by atoms with Gasteiger partial charge >= 0.3 is 5.97 Å². The van der Waals surface area contributed by atoms with Crippen LogP contribution in [-0.2, 0) is 4.74 Å². The summed E-state index contributed by atoms with van der Waals surface area (Å²) in [7, 11) is 1.28. The van der Waals surface area contributed by atoms with Crippen LogP contribution in [0, 0.1) is 6.92 Å². The second-order valence-electron chi connectivity index (χ2n) is 3.24. The lowest BCUT2D eigenvalue weighted by molar-refractivity contribution is 0.0518. The van der Waals surface area contributed by atoms with Gasteiger partial charge in [-0.1, -0.05) is 0 Å². The predicted molar refractivity (Wildman–Crippen MR) is 56.4 cm³/mol. The van der Waals surface area contributed by atoms with Gasteiger partial charge in [-0.15, -0.1) is 0 Å². The highest BCUT2D eigenvalue weighted by Gasteiger charge is 2.21. The van der Waals surface area contributed by atoms with Gasteiger partial charge in [0.2, 0.25) is 0 Å². The lowest BCUT2D eigenvalue weighted by Gasteiger charge is -2.11. The number of ether oxygens (including phenoxy) is 2. The van der Waals surface area contributed by atoms with Gasteiger partial charge in [0.15, 0.2) is 0 Å². The maximum absolute atomic E-state index is 12.8. The number of carbonyl (C=O) groups is 1. The molecule has 0 bridgehead atoms. The van der Waals surface area contributed by atoms with Crippen LogP contribution in [0.1, 0.15) is 35.1 Å². The van der Waals surface area contributed by atoms with Gasteiger partial charge in [-0.05, 0) is 19.9 Å². The van der Waals surface area contributed by atoms with Gasteiger partial charge < -0.3 is 9.47 Å². The number of nitrogens with zero attached hydrogens (tertiary/aromatic N) is 1. The third kappa shape index (κ3) is 2.89. The summed E-state index contributed by atoms with van der Waals surface area (Å²) in [5.74, 6) is -0.729. The Morgan fingerprint density at radius 2 is 2.18 bits per heavy atom. The number of hydrogen-bond donors (Lipinski definition) is 0. The van der Waals surface area contributed by atoms with Crippen LogP contribution in [0.4, 0.5) is 8.78 Å². The fourth-order valence-corrected chi connectivity index (χ4v) is 1.42. The zero-order valence-electron chi connectivity index (χ0n) is 9.79. The van der Waals surface area contributed by atoms with Crippen molar-refractivity contribution in [3.05, 3.63) is 23.0 Å². The lowest BCUT2D eigenvalue weighted by Crippen LogP contribution is -2.10. The number of carbonyl (C=O) groups excluding carboxylic acids is 1. The number of aryl methyl sites for hydroxylation is 1. The van der Waals surface area contributed by atoms with Crippen molar-refractivity contribution in [2.24, 2.45) is 0 Å². The topological polar surface area (TPSA) is 48.4 Å². The minimum Gasteiger partial charge on any atom is -0.494 e. The number of halogens is 2. The van der Waals surface area contributed by atoms with Crippen LogP contribution in [0.3, 0.4) is 0 Å². The van der Waals surface area contributed by atoms with E-state index in [1.54, 1.807) is 6.92 Å². The van der Waals surface area contributed by atoms with Gasteiger partial charge in [0.25, 0.3) is 6.43 Å². The largest absolute Gasteiger partial charge is 0.494 e. The molecule has 0 radical (unpaired) electrons. The minimum atomic E-state index is -2.74. The Hall–Kier alpha value is -1.72. The van der Waals surface area contributed by atoms with Crippen LogP contribution in [0.2, 0.25) is 0 Å². The smallest absolute Gasteiger partial charge is 0.356 e. The molecule has 0 N–H and O–H groups in total. The summed E-state index contributed by atoms with van der Waals surface area (Å²) < 4.78 is 35.1. The Labute approximate surface area is 97.6 Å². The maximum atomic E-state index is 12.8. The Balaban J connectivity index is 3.24. The zero-order chi connectivity index (χ0) is 13.0. The second-order valence-corrected chi connectivity index (χ2v) is 3.24. The molecule has 1 rings (SSSR count). The summed E-state index contributed by atoms with van der Waals surface area (Å²) in [6.45, 7) is 3.28. The Bertz CT molecular complexity index is 421. The minimum absolute atomic E-state index is 0.00644. The van der Waals surface area contributed by atoms with Crippen LogP contribution in [0.15, 0.2) is 6.07 Å². The molecule has 6 heteroatoms. The van der Waals surface area contributed by atoms with Gasteiger partial charge in [0.05, 0.1) is 25.0 Å². The van der Waals surface area contributed by atoms with E-state index in [2.05, 4.69) is 4.98 Å². The van der Waals surface area contributed by atoms with E-state index in [0.717, 1.165) is 6.07 Å². The third-order valence-corrected chi connectivity index (χ3v) is 2.09. The molecule has 17 heavy (non-hydrogen) atoms. The zero-order valence-corrected chi connectivity index (χ0v) is 9.79. The van der Waals surface area contributed by atoms with E-state index in [1.807, 2.05) is 0 Å². The van der Waals surface area contributed by atoms with E-state index in [4.69, 9.17) is 9.47 Å². The molecule has 0 aromatic carbocycles. The number of aromatic nitrogens is 1. The Morgan fingerprint density at radius 1 is 1.53 bits per heavy atom. The maximum Gasteiger partial charge on any atom is 0.356 e. The highest BCUT2D eigenvalue weighted by Crippen LogP contribution is 2.31. The number of hydrogen-bond acceptors (Lipinski definition) is 4.